The molecule has 1 saturated heterocycles. The third-order valence-corrected chi connectivity index (χ3v) is 4.74. The minimum atomic E-state index is -2.76. The van der Waals surface area contributed by atoms with Gasteiger partial charge in [0.1, 0.15) is 0 Å². The molecule has 1 aliphatic rings. The van der Waals surface area contributed by atoms with Crippen molar-refractivity contribution in [3.8, 4) is 0 Å². The Morgan fingerprint density at radius 1 is 1.43 bits per heavy atom. The Balaban J connectivity index is 2.74. The summed E-state index contributed by atoms with van der Waals surface area (Å²) in [5.41, 5.74) is 0.00174. The zero-order valence-electron chi connectivity index (χ0n) is 9.34. The second kappa shape index (κ2) is 4.19. The van der Waals surface area contributed by atoms with Crippen molar-refractivity contribution in [3.63, 3.8) is 0 Å². The van der Waals surface area contributed by atoms with Crippen molar-refractivity contribution in [2.24, 2.45) is 11.3 Å². The first kappa shape index (κ1) is 12.0. The Labute approximate surface area is 87.2 Å². The van der Waals surface area contributed by atoms with Crippen LogP contribution in [0.1, 0.15) is 26.7 Å². The Kier molecular flexibility index (Phi) is 3.58. The zero-order chi connectivity index (χ0) is 10.8. The van der Waals surface area contributed by atoms with E-state index in [9.17, 15) is 8.42 Å². The molecule has 1 N–H and O–H groups in total. The summed E-state index contributed by atoms with van der Waals surface area (Å²) in [7, 11) is -0.866. The van der Waals surface area contributed by atoms with Crippen LogP contribution in [-0.4, -0.2) is 33.5 Å². The first-order chi connectivity index (χ1) is 6.39. The third-order valence-electron chi connectivity index (χ3n) is 2.86. The molecule has 3 nitrogen and oxygen atoms in total. The highest BCUT2D eigenvalue weighted by Crippen LogP contribution is 2.37. The van der Waals surface area contributed by atoms with Crippen LogP contribution >= 0.6 is 0 Å². The second-order valence-corrected chi connectivity index (χ2v) is 7.15. The van der Waals surface area contributed by atoms with E-state index < -0.39 is 9.84 Å². The molecule has 0 amide bonds. The van der Waals surface area contributed by atoms with E-state index >= 15 is 0 Å². The number of nitrogens with one attached hydrogen (secondary N) is 1. The lowest BCUT2D eigenvalue weighted by molar-refractivity contribution is 0.258. The second-order valence-electron chi connectivity index (χ2n) is 4.97. The van der Waals surface area contributed by atoms with Gasteiger partial charge in [0, 0.05) is 6.54 Å². The van der Waals surface area contributed by atoms with Crippen LogP contribution in [0.3, 0.4) is 0 Å². The molecule has 4 heteroatoms. The SMILES string of the molecule is CNCC1(CC(C)C)CCS(=O)(=O)C1. The molecule has 0 saturated carbocycles. The molecule has 1 atom stereocenters. The molecule has 0 aliphatic carbocycles. The fourth-order valence-corrected chi connectivity index (χ4v) is 4.78. The summed E-state index contributed by atoms with van der Waals surface area (Å²) in [5.74, 6) is 1.32. The molecule has 1 fully saturated rings. The molecular weight excluding hydrogens is 198 g/mol. The van der Waals surface area contributed by atoms with Crippen LogP contribution in [0.4, 0.5) is 0 Å². The van der Waals surface area contributed by atoms with Crippen molar-refractivity contribution in [1.29, 1.82) is 0 Å². The average molecular weight is 219 g/mol. The monoisotopic (exact) mass is 219 g/mol. The molecule has 1 unspecified atom stereocenters. The van der Waals surface area contributed by atoms with Gasteiger partial charge in [-0.05, 0) is 31.2 Å². The quantitative estimate of drug-likeness (QED) is 0.769. The molecule has 0 spiro atoms. The molecule has 0 radical (unpaired) electrons. The van der Waals surface area contributed by atoms with Crippen LogP contribution in [0.2, 0.25) is 0 Å². The molecule has 0 aromatic rings. The lowest BCUT2D eigenvalue weighted by Crippen LogP contribution is -2.35. The minimum absolute atomic E-state index is 0.00174. The Hall–Kier alpha value is -0.0900. The van der Waals surface area contributed by atoms with Gasteiger partial charge in [-0.2, -0.15) is 0 Å². The summed E-state index contributed by atoms with van der Waals surface area (Å²) in [4.78, 5) is 0. The molecule has 1 heterocycles. The summed E-state index contributed by atoms with van der Waals surface area (Å²) in [6.07, 6.45) is 1.83. The predicted octanol–water partition coefficient (Wildman–Crippen LogP) is 1.06. The Morgan fingerprint density at radius 2 is 2.07 bits per heavy atom. The van der Waals surface area contributed by atoms with Gasteiger partial charge in [0.05, 0.1) is 11.5 Å². The lowest BCUT2D eigenvalue weighted by Gasteiger charge is -2.29. The smallest absolute Gasteiger partial charge is 0.150 e. The van der Waals surface area contributed by atoms with Gasteiger partial charge < -0.3 is 5.32 Å². The first-order valence-corrected chi connectivity index (χ1v) is 7.06. The number of sulfone groups is 1. The fraction of sp³-hybridized carbons (Fsp3) is 1.00. The maximum atomic E-state index is 11.5. The standard InChI is InChI=1S/C10H21NO2S/c1-9(2)6-10(7-11-3)4-5-14(12,13)8-10/h9,11H,4-8H2,1-3H3. The first-order valence-electron chi connectivity index (χ1n) is 5.24. The van der Waals surface area contributed by atoms with Crippen molar-refractivity contribution >= 4 is 9.84 Å². The van der Waals surface area contributed by atoms with Crippen LogP contribution in [0.25, 0.3) is 0 Å². The van der Waals surface area contributed by atoms with Gasteiger partial charge in [-0.25, -0.2) is 8.42 Å². The van der Waals surface area contributed by atoms with Crippen molar-refractivity contribution in [3.05, 3.63) is 0 Å². The summed E-state index contributed by atoms with van der Waals surface area (Å²) in [6, 6.07) is 0. The van der Waals surface area contributed by atoms with Crippen LogP contribution in [0.15, 0.2) is 0 Å². The third kappa shape index (κ3) is 2.95. The van der Waals surface area contributed by atoms with Crippen molar-refractivity contribution in [2.75, 3.05) is 25.1 Å². The fourth-order valence-electron chi connectivity index (χ4n) is 2.60. The predicted molar refractivity (Wildman–Crippen MR) is 59.1 cm³/mol. The Morgan fingerprint density at radius 3 is 2.43 bits per heavy atom. The van der Waals surface area contributed by atoms with E-state index in [0.29, 0.717) is 17.4 Å². The van der Waals surface area contributed by atoms with E-state index in [4.69, 9.17) is 0 Å². The van der Waals surface area contributed by atoms with E-state index in [1.54, 1.807) is 0 Å². The van der Waals surface area contributed by atoms with E-state index in [-0.39, 0.29) is 5.41 Å². The van der Waals surface area contributed by atoms with E-state index in [0.717, 1.165) is 19.4 Å². The number of rotatable bonds is 4. The summed E-state index contributed by atoms with van der Waals surface area (Å²) in [5, 5.41) is 3.13. The van der Waals surface area contributed by atoms with Gasteiger partial charge in [-0.3, -0.25) is 0 Å². The van der Waals surface area contributed by atoms with Crippen molar-refractivity contribution in [1.82, 2.24) is 5.32 Å². The number of hydrogen-bond acceptors (Lipinski definition) is 3. The molecule has 0 aromatic carbocycles. The summed E-state index contributed by atoms with van der Waals surface area (Å²) >= 11 is 0. The van der Waals surface area contributed by atoms with Crippen molar-refractivity contribution in [2.45, 2.75) is 26.7 Å². The van der Waals surface area contributed by atoms with E-state index in [2.05, 4.69) is 19.2 Å². The molecule has 0 aromatic heterocycles. The molecule has 84 valence electrons. The minimum Gasteiger partial charge on any atom is -0.319 e. The zero-order valence-corrected chi connectivity index (χ0v) is 10.2. The van der Waals surface area contributed by atoms with Crippen molar-refractivity contribution < 1.29 is 8.42 Å². The maximum absolute atomic E-state index is 11.5. The highest BCUT2D eigenvalue weighted by atomic mass is 32.2. The highest BCUT2D eigenvalue weighted by molar-refractivity contribution is 7.91. The molecular formula is C10H21NO2S. The van der Waals surface area contributed by atoms with Crippen LogP contribution < -0.4 is 5.32 Å². The van der Waals surface area contributed by atoms with Gasteiger partial charge in [-0.1, -0.05) is 13.8 Å². The molecule has 0 bridgehead atoms. The van der Waals surface area contributed by atoms with Gasteiger partial charge in [0.2, 0.25) is 0 Å². The van der Waals surface area contributed by atoms with Gasteiger partial charge in [-0.15, -0.1) is 0 Å². The normalized spacial score (nSPS) is 31.1. The van der Waals surface area contributed by atoms with Crippen LogP contribution in [0.5, 0.6) is 0 Å². The van der Waals surface area contributed by atoms with E-state index in [1.165, 1.54) is 0 Å². The average Bonchev–Trinajstić information content (AvgIpc) is 2.26. The highest BCUT2D eigenvalue weighted by Gasteiger charge is 2.41. The largest absolute Gasteiger partial charge is 0.319 e. The summed E-state index contributed by atoms with van der Waals surface area (Å²) < 4.78 is 22.9. The Bertz CT molecular complexity index is 284. The van der Waals surface area contributed by atoms with Gasteiger partial charge in [0.25, 0.3) is 0 Å². The molecule has 14 heavy (non-hydrogen) atoms. The number of hydrogen-bond donors (Lipinski definition) is 1. The van der Waals surface area contributed by atoms with E-state index in [1.807, 2.05) is 7.05 Å². The summed E-state index contributed by atoms with van der Waals surface area (Å²) in [6.45, 7) is 5.13. The van der Waals surface area contributed by atoms with Gasteiger partial charge in [0.15, 0.2) is 9.84 Å². The van der Waals surface area contributed by atoms with Crippen LogP contribution in [0, 0.1) is 11.3 Å². The van der Waals surface area contributed by atoms with Crippen LogP contribution in [-0.2, 0) is 9.84 Å². The molecule has 1 rings (SSSR count). The lowest BCUT2D eigenvalue weighted by atomic mass is 9.80. The maximum Gasteiger partial charge on any atom is 0.150 e. The topological polar surface area (TPSA) is 46.2 Å². The molecule has 1 aliphatic heterocycles. The van der Waals surface area contributed by atoms with Gasteiger partial charge >= 0.3 is 0 Å².